The number of benzene rings is 1. The van der Waals surface area contributed by atoms with Crippen molar-refractivity contribution in [2.45, 2.75) is 13.5 Å². The summed E-state index contributed by atoms with van der Waals surface area (Å²) in [7, 11) is 0. The molecule has 0 fully saturated rings. The van der Waals surface area contributed by atoms with Crippen molar-refractivity contribution in [3.8, 4) is 0 Å². The predicted octanol–water partition coefficient (Wildman–Crippen LogP) is 2.65. The minimum atomic E-state index is 0.562. The third-order valence-electron chi connectivity index (χ3n) is 2.03. The monoisotopic (exact) mass is 219 g/mol. The molecule has 0 saturated carbocycles. The van der Waals surface area contributed by atoms with Gasteiger partial charge in [-0.1, -0.05) is 12.1 Å². The molecule has 0 spiro atoms. The van der Waals surface area contributed by atoms with E-state index in [0.717, 1.165) is 22.1 Å². The number of aryl methyl sites for hydroxylation is 1. The van der Waals surface area contributed by atoms with Crippen LogP contribution in [0.1, 0.15) is 11.3 Å². The fourth-order valence-corrected chi connectivity index (χ4v) is 2.02. The second kappa shape index (κ2) is 4.42. The first-order chi connectivity index (χ1) is 7.28. The van der Waals surface area contributed by atoms with Gasteiger partial charge in [-0.05, 0) is 24.6 Å². The van der Waals surface area contributed by atoms with Gasteiger partial charge >= 0.3 is 0 Å². The summed E-state index contributed by atoms with van der Waals surface area (Å²) in [4.78, 5) is 4.34. The van der Waals surface area contributed by atoms with E-state index in [1.807, 2.05) is 36.6 Å². The molecule has 2 rings (SSSR count). The second-order valence-electron chi connectivity index (χ2n) is 3.32. The Morgan fingerprint density at radius 3 is 3.00 bits per heavy atom. The maximum atomic E-state index is 5.58. The highest BCUT2D eigenvalue weighted by Crippen LogP contribution is 2.20. The summed E-state index contributed by atoms with van der Waals surface area (Å²) >= 11 is 1.60. The molecule has 3 nitrogen and oxygen atoms in total. The molecule has 0 aliphatic rings. The first-order valence-corrected chi connectivity index (χ1v) is 5.64. The molecule has 15 heavy (non-hydrogen) atoms. The molecular formula is C11H13N3S. The van der Waals surface area contributed by atoms with Crippen LogP contribution in [0.3, 0.4) is 0 Å². The number of nitrogens with one attached hydrogen (secondary N) is 1. The molecule has 0 radical (unpaired) electrons. The first-order valence-electron chi connectivity index (χ1n) is 4.76. The fraction of sp³-hybridized carbons (Fsp3) is 0.182. The van der Waals surface area contributed by atoms with E-state index in [9.17, 15) is 0 Å². The second-order valence-corrected chi connectivity index (χ2v) is 4.18. The number of hydrogen-bond acceptors (Lipinski definition) is 4. The Balaban J connectivity index is 2.16. The summed E-state index contributed by atoms with van der Waals surface area (Å²) in [6.07, 6.45) is 0. The smallest absolute Gasteiger partial charge is 0.187 e. The molecule has 0 saturated heterocycles. The maximum Gasteiger partial charge on any atom is 0.187 e. The van der Waals surface area contributed by atoms with Gasteiger partial charge in [-0.25, -0.2) is 4.98 Å². The summed E-state index contributed by atoms with van der Waals surface area (Å²) in [5.74, 6) is 0. The molecule has 4 heteroatoms. The molecule has 2 aromatic rings. The van der Waals surface area contributed by atoms with Crippen LogP contribution < -0.4 is 11.1 Å². The summed E-state index contributed by atoms with van der Waals surface area (Å²) in [6, 6.07) is 8.05. The van der Waals surface area contributed by atoms with Gasteiger partial charge in [0.2, 0.25) is 0 Å². The van der Waals surface area contributed by atoms with Crippen LogP contribution in [0, 0.1) is 6.92 Å². The van der Waals surface area contributed by atoms with Crippen molar-refractivity contribution in [3.05, 3.63) is 40.9 Å². The van der Waals surface area contributed by atoms with Crippen LogP contribution in [0.4, 0.5) is 10.8 Å². The summed E-state index contributed by atoms with van der Waals surface area (Å²) < 4.78 is 0. The Labute approximate surface area is 93.0 Å². The van der Waals surface area contributed by atoms with Crippen molar-refractivity contribution < 1.29 is 0 Å². The van der Waals surface area contributed by atoms with Gasteiger partial charge in [0.05, 0.1) is 5.69 Å². The van der Waals surface area contributed by atoms with Gasteiger partial charge in [0.15, 0.2) is 5.13 Å². The van der Waals surface area contributed by atoms with Crippen LogP contribution in [0.15, 0.2) is 29.6 Å². The molecule has 0 bridgehead atoms. The van der Waals surface area contributed by atoms with E-state index in [1.165, 1.54) is 0 Å². The Kier molecular flexibility index (Phi) is 2.99. The van der Waals surface area contributed by atoms with Crippen molar-refractivity contribution >= 4 is 22.2 Å². The van der Waals surface area contributed by atoms with Crippen molar-refractivity contribution in [2.24, 2.45) is 5.73 Å². The molecule has 0 aliphatic carbocycles. The van der Waals surface area contributed by atoms with E-state index < -0.39 is 0 Å². The number of nitrogens with two attached hydrogens (primary N) is 1. The zero-order chi connectivity index (χ0) is 10.7. The SMILES string of the molecule is Cc1csc(Nc2cccc(CN)c2)n1. The average molecular weight is 219 g/mol. The Morgan fingerprint density at radius 1 is 1.47 bits per heavy atom. The molecule has 78 valence electrons. The Morgan fingerprint density at radius 2 is 2.33 bits per heavy atom. The highest BCUT2D eigenvalue weighted by Gasteiger charge is 1.99. The molecule has 0 aliphatic heterocycles. The molecular weight excluding hydrogens is 206 g/mol. The Hall–Kier alpha value is -1.39. The highest BCUT2D eigenvalue weighted by molar-refractivity contribution is 7.13. The molecule has 0 atom stereocenters. The third kappa shape index (κ3) is 2.55. The third-order valence-corrected chi connectivity index (χ3v) is 2.91. The van der Waals surface area contributed by atoms with E-state index in [1.54, 1.807) is 11.3 Å². The zero-order valence-corrected chi connectivity index (χ0v) is 9.34. The van der Waals surface area contributed by atoms with E-state index >= 15 is 0 Å². The normalized spacial score (nSPS) is 10.3. The van der Waals surface area contributed by atoms with Crippen LogP contribution >= 0.6 is 11.3 Å². The van der Waals surface area contributed by atoms with Crippen LogP contribution in [0.25, 0.3) is 0 Å². The Bertz CT molecular complexity index is 451. The average Bonchev–Trinajstić information content (AvgIpc) is 2.64. The van der Waals surface area contributed by atoms with Crippen molar-refractivity contribution in [1.29, 1.82) is 0 Å². The van der Waals surface area contributed by atoms with Crippen LogP contribution in [-0.2, 0) is 6.54 Å². The molecule has 3 N–H and O–H groups in total. The van der Waals surface area contributed by atoms with Crippen molar-refractivity contribution in [3.63, 3.8) is 0 Å². The van der Waals surface area contributed by atoms with Crippen molar-refractivity contribution in [1.82, 2.24) is 4.98 Å². The molecule has 0 amide bonds. The molecule has 0 unspecified atom stereocenters. The number of hydrogen-bond donors (Lipinski definition) is 2. The van der Waals surface area contributed by atoms with Gasteiger partial charge in [0.1, 0.15) is 0 Å². The lowest BCUT2D eigenvalue weighted by Crippen LogP contribution is -1.97. The minimum Gasteiger partial charge on any atom is -0.332 e. The zero-order valence-electron chi connectivity index (χ0n) is 8.53. The molecule has 1 heterocycles. The number of rotatable bonds is 3. The number of aromatic nitrogens is 1. The minimum absolute atomic E-state index is 0.562. The lowest BCUT2D eigenvalue weighted by atomic mass is 10.2. The highest BCUT2D eigenvalue weighted by atomic mass is 32.1. The number of thiazole rings is 1. The van der Waals surface area contributed by atoms with Crippen LogP contribution in [0.2, 0.25) is 0 Å². The summed E-state index contributed by atoms with van der Waals surface area (Å²) in [6.45, 7) is 2.55. The molecule has 1 aromatic carbocycles. The topological polar surface area (TPSA) is 50.9 Å². The lowest BCUT2D eigenvalue weighted by molar-refractivity contribution is 1.07. The van der Waals surface area contributed by atoms with E-state index in [0.29, 0.717) is 6.54 Å². The van der Waals surface area contributed by atoms with E-state index in [4.69, 9.17) is 5.73 Å². The standard InChI is InChI=1S/C11H13N3S/c1-8-7-15-11(13-8)14-10-4-2-3-9(5-10)6-12/h2-5,7H,6,12H2,1H3,(H,13,14). The predicted molar refractivity (Wildman–Crippen MR) is 64.5 cm³/mol. The van der Waals surface area contributed by atoms with Gasteiger partial charge in [-0.3, -0.25) is 0 Å². The lowest BCUT2D eigenvalue weighted by Gasteiger charge is -2.03. The van der Waals surface area contributed by atoms with Crippen LogP contribution in [0.5, 0.6) is 0 Å². The van der Waals surface area contributed by atoms with Gasteiger partial charge in [-0.15, -0.1) is 11.3 Å². The summed E-state index contributed by atoms with van der Waals surface area (Å²) in [5, 5.41) is 6.19. The van der Waals surface area contributed by atoms with E-state index in [-0.39, 0.29) is 0 Å². The van der Waals surface area contributed by atoms with E-state index in [2.05, 4.69) is 10.3 Å². The maximum absolute atomic E-state index is 5.58. The van der Waals surface area contributed by atoms with Gasteiger partial charge in [0, 0.05) is 17.6 Å². The quantitative estimate of drug-likeness (QED) is 0.834. The van der Waals surface area contributed by atoms with Crippen molar-refractivity contribution in [2.75, 3.05) is 5.32 Å². The van der Waals surface area contributed by atoms with Gasteiger partial charge < -0.3 is 11.1 Å². The largest absolute Gasteiger partial charge is 0.332 e. The van der Waals surface area contributed by atoms with Crippen LogP contribution in [-0.4, -0.2) is 4.98 Å². The number of anilines is 2. The molecule has 1 aromatic heterocycles. The van der Waals surface area contributed by atoms with Gasteiger partial charge in [0.25, 0.3) is 0 Å². The fourth-order valence-electron chi connectivity index (χ4n) is 1.31. The summed E-state index contributed by atoms with van der Waals surface area (Å²) in [5.41, 5.74) is 8.77. The number of nitrogens with zero attached hydrogens (tertiary/aromatic N) is 1. The first kappa shape index (κ1) is 10.1. The van der Waals surface area contributed by atoms with Gasteiger partial charge in [-0.2, -0.15) is 0 Å².